The highest BCUT2D eigenvalue weighted by Crippen LogP contribution is 2.29. The molecule has 2 fully saturated rings. The summed E-state index contributed by atoms with van der Waals surface area (Å²) in [5.41, 5.74) is 0.126. The van der Waals surface area contributed by atoms with E-state index < -0.39 is 32.9 Å². The molecular formula is C20H27N3O7S. The molecule has 10 nitrogen and oxygen atoms in total. The number of amides is 1. The van der Waals surface area contributed by atoms with Crippen molar-refractivity contribution in [3.05, 3.63) is 33.9 Å². The molecule has 1 aromatic rings. The fourth-order valence-electron chi connectivity index (χ4n) is 3.97. The van der Waals surface area contributed by atoms with Crippen molar-refractivity contribution in [2.45, 2.75) is 50.5 Å². The van der Waals surface area contributed by atoms with Crippen LogP contribution >= 0.6 is 0 Å². The van der Waals surface area contributed by atoms with Crippen molar-refractivity contribution in [3.63, 3.8) is 0 Å². The van der Waals surface area contributed by atoms with E-state index in [1.54, 1.807) is 18.7 Å². The Morgan fingerprint density at radius 2 is 1.77 bits per heavy atom. The molecule has 0 saturated carbocycles. The van der Waals surface area contributed by atoms with Crippen LogP contribution in [0, 0.1) is 23.0 Å². The Balaban J connectivity index is 1.61. The summed E-state index contributed by atoms with van der Waals surface area (Å²) in [5, 5.41) is 11.0. The third kappa shape index (κ3) is 5.04. The lowest BCUT2D eigenvalue weighted by Gasteiger charge is -2.31. The minimum absolute atomic E-state index is 0.0959. The Morgan fingerprint density at radius 1 is 1.16 bits per heavy atom. The first-order valence-electron chi connectivity index (χ1n) is 10.4. The van der Waals surface area contributed by atoms with Gasteiger partial charge in [0.2, 0.25) is 10.0 Å². The largest absolute Gasteiger partial charge is 0.452 e. The van der Waals surface area contributed by atoms with Crippen molar-refractivity contribution in [2.24, 2.45) is 5.92 Å². The van der Waals surface area contributed by atoms with Gasteiger partial charge in [-0.15, -0.1) is 0 Å². The number of piperidine rings is 1. The molecule has 2 aliphatic rings. The number of aryl methyl sites for hydroxylation is 1. The second kappa shape index (κ2) is 9.31. The highest BCUT2D eigenvalue weighted by Gasteiger charge is 2.35. The molecule has 0 aromatic heterocycles. The van der Waals surface area contributed by atoms with Gasteiger partial charge in [-0.2, -0.15) is 4.31 Å². The quantitative estimate of drug-likeness (QED) is 0.365. The van der Waals surface area contributed by atoms with Crippen LogP contribution in [-0.4, -0.2) is 66.7 Å². The van der Waals surface area contributed by atoms with Gasteiger partial charge in [0.15, 0.2) is 6.10 Å². The van der Waals surface area contributed by atoms with Crippen molar-refractivity contribution >= 4 is 27.6 Å². The number of esters is 1. The van der Waals surface area contributed by atoms with E-state index >= 15 is 0 Å². The van der Waals surface area contributed by atoms with Gasteiger partial charge in [0.25, 0.3) is 11.6 Å². The Kier molecular flexibility index (Phi) is 6.95. The van der Waals surface area contributed by atoms with Crippen molar-refractivity contribution in [1.82, 2.24) is 9.21 Å². The normalized spacial score (nSPS) is 19.2. The summed E-state index contributed by atoms with van der Waals surface area (Å²) in [4.78, 5) is 36.8. The molecule has 0 bridgehead atoms. The van der Waals surface area contributed by atoms with Crippen molar-refractivity contribution < 1.29 is 27.7 Å². The average Bonchev–Trinajstić information content (AvgIpc) is 3.28. The van der Waals surface area contributed by atoms with Crippen LogP contribution in [0.5, 0.6) is 0 Å². The van der Waals surface area contributed by atoms with Crippen LogP contribution in [0.4, 0.5) is 5.69 Å². The summed E-state index contributed by atoms with van der Waals surface area (Å²) >= 11 is 0. The van der Waals surface area contributed by atoms with Crippen molar-refractivity contribution in [2.75, 3.05) is 26.2 Å². The van der Waals surface area contributed by atoms with Gasteiger partial charge < -0.3 is 9.64 Å². The monoisotopic (exact) mass is 453 g/mol. The second-order valence-corrected chi connectivity index (χ2v) is 9.90. The molecule has 2 aliphatic heterocycles. The number of hydrogen-bond donors (Lipinski definition) is 0. The summed E-state index contributed by atoms with van der Waals surface area (Å²) < 4.78 is 32.6. The smallest absolute Gasteiger partial charge is 0.309 e. The highest BCUT2D eigenvalue weighted by atomic mass is 32.2. The first kappa shape index (κ1) is 23.1. The average molecular weight is 454 g/mol. The molecule has 170 valence electrons. The number of benzene rings is 1. The number of non-ortho nitro benzene ring substituents is 1. The van der Waals surface area contributed by atoms with Crippen LogP contribution in [-0.2, 0) is 24.3 Å². The van der Waals surface area contributed by atoms with Gasteiger partial charge in [0.1, 0.15) is 0 Å². The van der Waals surface area contributed by atoms with Crippen LogP contribution in [0.3, 0.4) is 0 Å². The minimum Gasteiger partial charge on any atom is -0.452 e. The Morgan fingerprint density at radius 3 is 2.35 bits per heavy atom. The lowest BCUT2D eigenvalue weighted by atomic mass is 9.98. The van der Waals surface area contributed by atoms with E-state index in [9.17, 15) is 28.1 Å². The predicted octanol–water partition coefficient (Wildman–Crippen LogP) is 1.86. The maximum absolute atomic E-state index is 13.0. The van der Waals surface area contributed by atoms with Gasteiger partial charge in [0.05, 0.1) is 15.7 Å². The molecule has 1 atom stereocenters. The fraction of sp³-hybridized carbons (Fsp3) is 0.600. The predicted molar refractivity (Wildman–Crippen MR) is 111 cm³/mol. The molecule has 1 amide bonds. The Labute approximate surface area is 181 Å². The number of nitro groups is 1. The molecule has 31 heavy (non-hydrogen) atoms. The molecule has 0 N–H and O–H groups in total. The number of carbonyl (C=O) groups is 2. The zero-order valence-corrected chi connectivity index (χ0v) is 18.5. The Hall–Kier alpha value is -2.53. The summed E-state index contributed by atoms with van der Waals surface area (Å²) in [5.74, 6) is -1.19. The van der Waals surface area contributed by atoms with Crippen molar-refractivity contribution in [1.29, 1.82) is 0 Å². The molecule has 11 heteroatoms. The molecule has 3 rings (SSSR count). The second-order valence-electron chi connectivity index (χ2n) is 8.00. The number of rotatable bonds is 6. The van der Waals surface area contributed by atoms with E-state index in [1.807, 2.05) is 0 Å². The van der Waals surface area contributed by atoms with Gasteiger partial charge in [-0.1, -0.05) is 6.07 Å². The van der Waals surface area contributed by atoms with Gasteiger partial charge in [0, 0.05) is 38.3 Å². The number of sulfonamides is 1. The van der Waals surface area contributed by atoms with Crippen LogP contribution in [0.25, 0.3) is 0 Å². The van der Waals surface area contributed by atoms with Gasteiger partial charge >= 0.3 is 5.97 Å². The SMILES string of the molecule is Cc1ccc([N+](=O)[O-])cc1S(=O)(=O)N1CCC(C(=O)OC(C)C(=O)N2CCCC2)CC1. The summed E-state index contributed by atoms with van der Waals surface area (Å²) in [6.45, 7) is 4.68. The number of likely N-dealkylation sites (tertiary alicyclic amines) is 1. The zero-order valence-electron chi connectivity index (χ0n) is 17.7. The van der Waals surface area contributed by atoms with E-state index in [0.717, 1.165) is 18.9 Å². The number of carbonyl (C=O) groups excluding carboxylic acids is 2. The molecule has 2 heterocycles. The number of nitro benzene ring substituents is 1. The lowest BCUT2D eigenvalue weighted by molar-refractivity contribution is -0.385. The van der Waals surface area contributed by atoms with Crippen LogP contribution in [0.1, 0.15) is 38.2 Å². The fourth-order valence-corrected chi connectivity index (χ4v) is 5.68. The maximum Gasteiger partial charge on any atom is 0.309 e. The zero-order chi connectivity index (χ0) is 22.8. The molecule has 0 radical (unpaired) electrons. The number of hydrogen-bond acceptors (Lipinski definition) is 7. The van der Waals surface area contributed by atoms with E-state index in [-0.39, 0.29) is 42.4 Å². The maximum atomic E-state index is 13.0. The molecule has 0 aliphatic carbocycles. The molecule has 1 aromatic carbocycles. The summed E-state index contributed by atoms with van der Waals surface area (Å²) in [6.07, 6.45) is 1.56. The topological polar surface area (TPSA) is 127 Å². The van der Waals surface area contributed by atoms with Gasteiger partial charge in [-0.25, -0.2) is 8.42 Å². The van der Waals surface area contributed by atoms with Crippen LogP contribution in [0.15, 0.2) is 23.1 Å². The van der Waals surface area contributed by atoms with Crippen LogP contribution in [0.2, 0.25) is 0 Å². The molecule has 0 spiro atoms. The van der Waals surface area contributed by atoms with E-state index in [1.165, 1.54) is 16.4 Å². The summed E-state index contributed by atoms with van der Waals surface area (Å²) in [7, 11) is -3.93. The molecular weight excluding hydrogens is 426 g/mol. The van der Waals surface area contributed by atoms with E-state index in [2.05, 4.69) is 0 Å². The molecule has 1 unspecified atom stereocenters. The van der Waals surface area contributed by atoms with E-state index in [0.29, 0.717) is 18.7 Å². The first-order chi connectivity index (χ1) is 14.6. The number of nitrogens with zero attached hydrogens (tertiary/aromatic N) is 3. The standard InChI is InChI=1S/C20H27N3O7S/c1-14-5-6-17(23(26)27)13-18(14)31(28,29)22-11-7-16(8-12-22)20(25)30-15(2)19(24)21-9-3-4-10-21/h5-6,13,15-16H,3-4,7-12H2,1-2H3. The lowest BCUT2D eigenvalue weighted by Crippen LogP contribution is -2.43. The third-order valence-electron chi connectivity index (χ3n) is 5.85. The highest BCUT2D eigenvalue weighted by molar-refractivity contribution is 7.89. The third-order valence-corrected chi connectivity index (χ3v) is 7.89. The first-order valence-corrected chi connectivity index (χ1v) is 11.8. The van der Waals surface area contributed by atoms with Gasteiger partial charge in [-0.05, 0) is 45.1 Å². The summed E-state index contributed by atoms with van der Waals surface area (Å²) in [6, 6.07) is 3.74. The van der Waals surface area contributed by atoms with Gasteiger partial charge in [-0.3, -0.25) is 19.7 Å². The Bertz CT molecular complexity index is 965. The number of ether oxygens (including phenoxy) is 1. The van der Waals surface area contributed by atoms with Crippen molar-refractivity contribution in [3.8, 4) is 0 Å². The van der Waals surface area contributed by atoms with Crippen LogP contribution < -0.4 is 0 Å². The minimum atomic E-state index is -3.93. The van der Waals surface area contributed by atoms with E-state index in [4.69, 9.17) is 4.74 Å². The molecule has 2 saturated heterocycles.